The summed E-state index contributed by atoms with van der Waals surface area (Å²) in [6, 6.07) is 21.4. The number of amides is 1. The summed E-state index contributed by atoms with van der Waals surface area (Å²) in [5.74, 6) is -0.568. The first-order valence-electron chi connectivity index (χ1n) is 14.1. The van der Waals surface area contributed by atoms with Crippen molar-refractivity contribution in [3.05, 3.63) is 89.5 Å². The molecular weight excluding hydrogens is 586 g/mol. The van der Waals surface area contributed by atoms with Gasteiger partial charge in [-0.3, -0.25) is 9.59 Å². The average Bonchev–Trinajstić information content (AvgIpc) is 3.50. The number of tetrazole rings is 1. The number of carboxylic acid groups (broad SMARTS) is 1. The number of aliphatic hydroxyl groups excluding tert-OH is 1. The number of carbonyl (C=O) groups is 2. The summed E-state index contributed by atoms with van der Waals surface area (Å²) in [4.78, 5) is 22.9. The van der Waals surface area contributed by atoms with E-state index in [2.05, 4.69) is 27.8 Å². The molecule has 1 aliphatic heterocycles. The smallest absolute Gasteiger partial charge is 0.303 e. The third-order valence-electron chi connectivity index (χ3n) is 7.30. The van der Waals surface area contributed by atoms with Gasteiger partial charge in [-0.15, -0.1) is 5.10 Å². The zero-order valence-electron chi connectivity index (χ0n) is 23.9. The molecule has 4 N–H and O–H groups in total. The van der Waals surface area contributed by atoms with E-state index >= 15 is 0 Å². The van der Waals surface area contributed by atoms with E-state index in [0.717, 1.165) is 16.7 Å². The SMILES string of the molecule is C[C@@H]1[C@H](CSc2nnnn2-c2ccc(O)cc2)O[C@H](c2ccc(NC(=O)CCCC(=O)O)cc2)O[C@@H]1c1ccc(CO)cc1. The van der Waals surface area contributed by atoms with Crippen LogP contribution in [0, 0.1) is 5.92 Å². The van der Waals surface area contributed by atoms with Gasteiger partial charge < -0.3 is 30.1 Å². The molecule has 1 amide bonds. The number of phenols is 1. The lowest BCUT2D eigenvalue weighted by molar-refractivity contribution is -0.268. The molecule has 5 rings (SSSR count). The number of carbonyl (C=O) groups excluding carboxylic acids is 1. The molecule has 4 aromatic rings. The Bertz CT molecular complexity index is 1550. The van der Waals surface area contributed by atoms with E-state index in [1.807, 2.05) is 36.4 Å². The lowest BCUT2D eigenvalue weighted by Crippen LogP contribution is -2.38. The van der Waals surface area contributed by atoms with E-state index < -0.39 is 12.3 Å². The van der Waals surface area contributed by atoms with Crippen LogP contribution in [0.25, 0.3) is 5.69 Å². The molecule has 2 heterocycles. The van der Waals surface area contributed by atoms with Crippen LogP contribution in [0.5, 0.6) is 5.75 Å². The molecule has 1 aromatic heterocycles. The zero-order chi connectivity index (χ0) is 31.1. The number of hydrogen-bond donors (Lipinski definition) is 4. The number of carboxylic acids is 1. The number of aliphatic hydroxyl groups is 1. The van der Waals surface area contributed by atoms with Crippen LogP contribution in [-0.4, -0.2) is 59.3 Å². The maximum atomic E-state index is 12.2. The molecule has 0 radical (unpaired) electrons. The van der Waals surface area contributed by atoms with Crippen LogP contribution in [0.15, 0.2) is 78.0 Å². The first kappa shape index (κ1) is 31.1. The van der Waals surface area contributed by atoms with Crippen molar-refractivity contribution in [1.82, 2.24) is 20.2 Å². The van der Waals surface area contributed by atoms with Crippen LogP contribution >= 0.6 is 11.8 Å². The predicted molar refractivity (Wildman–Crippen MR) is 161 cm³/mol. The topological polar surface area (TPSA) is 169 Å². The van der Waals surface area contributed by atoms with Gasteiger partial charge in [-0.05, 0) is 64.4 Å². The fourth-order valence-electron chi connectivity index (χ4n) is 4.84. The summed E-state index contributed by atoms with van der Waals surface area (Å²) >= 11 is 1.45. The van der Waals surface area contributed by atoms with Crippen molar-refractivity contribution in [3.63, 3.8) is 0 Å². The lowest BCUT2D eigenvalue weighted by Gasteiger charge is -2.41. The molecule has 1 saturated heterocycles. The Morgan fingerprint density at radius 3 is 2.34 bits per heavy atom. The number of aliphatic carboxylic acids is 1. The molecule has 13 heteroatoms. The zero-order valence-corrected chi connectivity index (χ0v) is 24.8. The summed E-state index contributed by atoms with van der Waals surface area (Å²) in [5, 5.41) is 43.4. The van der Waals surface area contributed by atoms with Gasteiger partial charge in [0.05, 0.1) is 24.5 Å². The fourth-order valence-corrected chi connectivity index (χ4v) is 5.89. The van der Waals surface area contributed by atoms with Crippen LogP contribution in [0.2, 0.25) is 0 Å². The van der Waals surface area contributed by atoms with E-state index in [-0.39, 0.29) is 55.7 Å². The first-order valence-corrected chi connectivity index (χ1v) is 15.1. The number of aromatic nitrogens is 4. The van der Waals surface area contributed by atoms with Crippen LogP contribution < -0.4 is 5.32 Å². The maximum absolute atomic E-state index is 12.2. The van der Waals surface area contributed by atoms with Gasteiger partial charge in [0, 0.05) is 35.8 Å². The lowest BCUT2D eigenvalue weighted by atomic mass is 9.91. The minimum absolute atomic E-state index is 0.0510. The van der Waals surface area contributed by atoms with Gasteiger partial charge in [0.25, 0.3) is 0 Å². The Morgan fingerprint density at radius 1 is 0.955 bits per heavy atom. The van der Waals surface area contributed by atoms with Gasteiger partial charge in [-0.1, -0.05) is 55.1 Å². The second-order valence-electron chi connectivity index (χ2n) is 10.4. The summed E-state index contributed by atoms with van der Waals surface area (Å²) in [5.41, 5.74) is 3.82. The third kappa shape index (κ3) is 7.80. The van der Waals surface area contributed by atoms with E-state index in [1.54, 1.807) is 41.1 Å². The third-order valence-corrected chi connectivity index (χ3v) is 8.30. The van der Waals surface area contributed by atoms with Crippen LogP contribution in [-0.2, 0) is 25.7 Å². The molecule has 44 heavy (non-hydrogen) atoms. The molecule has 230 valence electrons. The molecule has 0 aliphatic carbocycles. The van der Waals surface area contributed by atoms with Crippen molar-refractivity contribution in [2.45, 2.75) is 56.4 Å². The van der Waals surface area contributed by atoms with E-state index in [0.29, 0.717) is 22.3 Å². The van der Waals surface area contributed by atoms with E-state index in [4.69, 9.17) is 14.6 Å². The minimum Gasteiger partial charge on any atom is -0.508 e. The molecule has 1 aliphatic rings. The van der Waals surface area contributed by atoms with E-state index in [9.17, 15) is 19.8 Å². The van der Waals surface area contributed by atoms with Gasteiger partial charge in [0.1, 0.15) is 5.75 Å². The number of nitrogens with one attached hydrogen (secondary N) is 1. The Kier molecular flexibility index (Phi) is 10.2. The second-order valence-corrected chi connectivity index (χ2v) is 11.4. The van der Waals surface area contributed by atoms with Gasteiger partial charge >= 0.3 is 5.97 Å². The van der Waals surface area contributed by atoms with Crippen LogP contribution in [0.3, 0.4) is 0 Å². The largest absolute Gasteiger partial charge is 0.508 e. The van der Waals surface area contributed by atoms with Crippen molar-refractivity contribution in [3.8, 4) is 11.4 Å². The van der Waals surface area contributed by atoms with Crippen molar-refractivity contribution < 1.29 is 34.4 Å². The highest BCUT2D eigenvalue weighted by Crippen LogP contribution is 2.43. The molecule has 0 saturated carbocycles. The molecular formula is C31H33N5O7S. The molecule has 0 unspecified atom stereocenters. The second kappa shape index (κ2) is 14.4. The van der Waals surface area contributed by atoms with Gasteiger partial charge in [-0.2, -0.15) is 4.68 Å². The predicted octanol–water partition coefficient (Wildman–Crippen LogP) is 4.64. The Labute approximate surface area is 258 Å². The molecule has 0 bridgehead atoms. The van der Waals surface area contributed by atoms with Gasteiger partial charge in [0.15, 0.2) is 6.29 Å². The summed E-state index contributed by atoms with van der Waals surface area (Å²) in [6.45, 7) is 2.02. The number of thioether (sulfide) groups is 1. The number of benzene rings is 3. The average molecular weight is 620 g/mol. The maximum Gasteiger partial charge on any atom is 0.303 e. The monoisotopic (exact) mass is 619 g/mol. The highest BCUT2D eigenvalue weighted by Gasteiger charge is 2.38. The summed E-state index contributed by atoms with van der Waals surface area (Å²) in [7, 11) is 0. The first-order chi connectivity index (χ1) is 21.3. The van der Waals surface area contributed by atoms with Crippen molar-refractivity contribution in [1.29, 1.82) is 0 Å². The standard InChI is InChI=1S/C31H33N5O7S/c1-19-26(18-44-31-33-34-35-36(31)24-13-15-25(38)16-14-24)42-30(43-29(19)21-7-5-20(17-37)6-8-21)22-9-11-23(12-10-22)32-27(39)3-2-4-28(40)41/h5-16,19,26,29-30,37-38H,2-4,17-18H2,1H3,(H,32,39)(H,40,41)/t19-,26+,29+,30+/m1/s1. The number of phenolic OH excluding ortho intramolecular Hbond substituents is 1. The number of ether oxygens (including phenoxy) is 2. The quantitative estimate of drug-likeness (QED) is 0.163. The Balaban J connectivity index is 1.32. The molecule has 0 spiro atoms. The molecule has 1 fully saturated rings. The Hall–Kier alpha value is -4.30. The number of rotatable bonds is 12. The normalized spacial score (nSPS) is 19.9. The summed E-state index contributed by atoms with van der Waals surface area (Å²) in [6.07, 6.45) is -0.951. The Morgan fingerprint density at radius 2 is 1.66 bits per heavy atom. The van der Waals surface area contributed by atoms with Crippen molar-refractivity contribution >= 4 is 29.3 Å². The number of nitrogens with zero attached hydrogens (tertiary/aromatic N) is 4. The number of anilines is 1. The summed E-state index contributed by atoms with van der Waals surface area (Å²) < 4.78 is 14.6. The highest BCUT2D eigenvalue weighted by atomic mass is 32.2. The van der Waals surface area contributed by atoms with E-state index in [1.165, 1.54) is 11.8 Å². The minimum atomic E-state index is -0.931. The number of hydrogen-bond acceptors (Lipinski definition) is 10. The van der Waals surface area contributed by atoms with Crippen LogP contribution in [0.1, 0.15) is 55.3 Å². The fraction of sp³-hybridized carbons (Fsp3) is 0.323. The highest BCUT2D eigenvalue weighted by molar-refractivity contribution is 7.99. The number of aromatic hydroxyl groups is 1. The van der Waals surface area contributed by atoms with Gasteiger partial charge in [-0.25, -0.2) is 0 Å². The molecule has 12 nitrogen and oxygen atoms in total. The molecule has 3 aromatic carbocycles. The van der Waals surface area contributed by atoms with Crippen molar-refractivity contribution in [2.75, 3.05) is 11.1 Å². The van der Waals surface area contributed by atoms with Gasteiger partial charge in [0.2, 0.25) is 11.1 Å². The molecule has 4 atom stereocenters. The van der Waals surface area contributed by atoms with Crippen LogP contribution in [0.4, 0.5) is 5.69 Å². The van der Waals surface area contributed by atoms with Crippen molar-refractivity contribution in [2.24, 2.45) is 5.92 Å².